The second-order valence-electron chi connectivity index (χ2n) is 3.18. The van der Waals surface area contributed by atoms with Crippen molar-refractivity contribution in [1.29, 1.82) is 0 Å². The van der Waals surface area contributed by atoms with Crippen LogP contribution in [0, 0.1) is 0 Å². The van der Waals surface area contributed by atoms with E-state index < -0.39 is 18.9 Å². The highest BCUT2D eigenvalue weighted by Crippen LogP contribution is 2.18. The molecule has 4 N–H and O–H groups in total. The smallest absolute Gasteiger partial charge is 0.478 e. The van der Waals surface area contributed by atoms with Crippen molar-refractivity contribution in [2.75, 3.05) is 24.2 Å². The lowest BCUT2D eigenvalue weighted by atomic mass is 10.2. The summed E-state index contributed by atoms with van der Waals surface area (Å²) in [6, 6.07) is 1.22. The molecule has 1 aromatic heterocycles. The van der Waals surface area contributed by atoms with Crippen LogP contribution < -0.4 is 11.1 Å². The fourth-order valence-corrected chi connectivity index (χ4v) is 1.14. The number of halogens is 3. The van der Waals surface area contributed by atoms with Crippen molar-refractivity contribution in [3.63, 3.8) is 0 Å². The van der Waals surface area contributed by atoms with Crippen LogP contribution in [0.25, 0.3) is 0 Å². The van der Waals surface area contributed by atoms with E-state index in [1.165, 1.54) is 6.07 Å². The SMILES string of the molecule is Nc1cc(NCCOC(F)(F)F)c(C(=O)O)cn1. The van der Waals surface area contributed by atoms with Gasteiger partial charge in [-0.2, -0.15) is 0 Å². The molecule has 1 heterocycles. The van der Waals surface area contributed by atoms with Crippen LogP contribution in [0.15, 0.2) is 12.3 Å². The van der Waals surface area contributed by atoms with Crippen molar-refractivity contribution in [2.45, 2.75) is 6.36 Å². The maximum atomic E-state index is 11.7. The number of aromatic nitrogens is 1. The molecule has 9 heteroatoms. The summed E-state index contributed by atoms with van der Waals surface area (Å²) in [6.07, 6.45) is -3.70. The van der Waals surface area contributed by atoms with Crippen LogP contribution in [-0.2, 0) is 4.74 Å². The molecule has 0 aromatic carbocycles. The number of hydrogen-bond acceptors (Lipinski definition) is 5. The number of nitrogens with two attached hydrogens (primary N) is 1. The number of nitrogen functional groups attached to an aromatic ring is 1. The number of ether oxygens (including phenoxy) is 1. The zero-order chi connectivity index (χ0) is 13.8. The predicted octanol–water partition coefficient (Wildman–Crippen LogP) is 1.31. The molecule has 0 radical (unpaired) electrons. The monoisotopic (exact) mass is 265 g/mol. The number of nitrogens with one attached hydrogen (secondary N) is 1. The molecule has 0 saturated carbocycles. The third-order valence-electron chi connectivity index (χ3n) is 1.84. The van der Waals surface area contributed by atoms with Gasteiger partial charge in [0.2, 0.25) is 0 Å². The van der Waals surface area contributed by atoms with Gasteiger partial charge in [-0.05, 0) is 0 Å². The minimum Gasteiger partial charge on any atom is -0.478 e. The number of nitrogens with zero attached hydrogens (tertiary/aromatic N) is 1. The Morgan fingerprint density at radius 3 is 2.78 bits per heavy atom. The summed E-state index contributed by atoms with van der Waals surface area (Å²) in [5.74, 6) is -1.21. The van der Waals surface area contributed by atoms with Crippen molar-refractivity contribution < 1.29 is 27.8 Å². The number of pyridine rings is 1. The van der Waals surface area contributed by atoms with E-state index in [0.29, 0.717) is 0 Å². The van der Waals surface area contributed by atoms with Gasteiger partial charge in [0.15, 0.2) is 0 Å². The lowest BCUT2D eigenvalue weighted by Crippen LogP contribution is -2.20. The van der Waals surface area contributed by atoms with Crippen molar-refractivity contribution in [3.8, 4) is 0 Å². The van der Waals surface area contributed by atoms with E-state index in [-0.39, 0.29) is 23.6 Å². The highest BCUT2D eigenvalue weighted by Gasteiger charge is 2.28. The van der Waals surface area contributed by atoms with Gasteiger partial charge in [0.05, 0.1) is 12.3 Å². The van der Waals surface area contributed by atoms with E-state index in [1.807, 2.05) is 0 Å². The summed E-state index contributed by atoms with van der Waals surface area (Å²) in [7, 11) is 0. The van der Waals surface area contributed by atoms with Gasteiger partial charge in [-0.25, -0.2) is 9.78 Å². The Morgan fingerprint density at radius 2 is 2.22 bits per heavy atom. The molecule has 0 amide bonds. The highest BCUT2D eigenvalue weighted by atomic mass is 19.4. The first kappa shape index (κ1) is 14.0. The molecule has 1 rings (SSSR count). The highest BCUT2D eigenvalue weighted by molar-refractivity contribution is 5.94. The molecule has 0 atom stereocenters. The minimum atomic E-state index is -4.71. The Hall–Kier alpha value is -2.03. The third-order valence-corrected chi connectivity index (χ3v) is 1.84. The Bertz CT molecular complexity index is 437. The summed E-state index contributed by atoms with van der Waals surface area (Å²) in [4.78, 5) is 14.4. The van der Waals surface area contributed by atoms with Gasteiger partial charge in [0, 0.05) is 18.8 Å². The third kappa shape index (κ3) is 4.45. The van der Waals surface area contributed by atoms with Crippen LogP contribution in [0.1, 0.15) is 10.4 Å². The van der Waals surface area contributed by atoms with Gasteiger partial charge >= 0.3 is 12.3 Å². The van der Waals surface area contributed by atoms with Crippen LogP contribution in [0.5, 0.6) is 0 Å². The molecule has 0 fully saturated rings. The van der Waals surface area contributed by atoms with Crippen molar-refractivity contribution in [2.24, 2.45) is 0 Å². The zero-order valence-corrected chi connectivity index (χ0v) is 8.99. The summed E-state index contributed by atoms with van der Waals surface area (Å²) in [5.41, 5.74) is 5.25. The molecule has 0 saturated heterocycles. The van der Waals surface area contributed by atoms with Crippen molar-refractivity contribution >= 4 is 17.5 Å². The van der Waals surface area contributed by atoms with E-state index in [1.54, 1.807) is 0 Å². The molecular formula is C9H10F3N3O3. The number of aromatic carboxylic acids is 1. The van der Waals surface area contributed by atoms with Gasteiger partial charge < -0.3 is 16.2 Å². The number of hydrogen-bond donors (Lipinski definition) is 3. The molecule has 1 aromatic rings. The zero-order valence-electron chi connectivity index (χ0n) is 8.99. The molecule has 0 aliphatic rings. The Balaban J connectivity index is 2.61. The fourth-order valence-electron chi connectivity index (χ4n) is 1.14. The average molecular weight is 265 g/mol. The van der Waals surface area contributed by atoms with Crippen molar-refractivity contribution in [1.82, 2.24) is 4.98 Å². The summed E-state index contributed by atoms with van der Waals surface area (Å²) < 4.78 is 38.6. The van der Waals surface area contributed by atoms with Gasteiger partial charge in [-0.1, -0.05) is 0 Å². The molecule has 0 aliphatic carbocycles. The van der Waals surface area contributed by atoms with Crippen LogP contribution >= 0.6 is 0 Å². The Labute approximate surface area is 99.6 Å². The lowest BCUT2D eigenvalue weighted by Gasteiger charge is -2.11. The number of rotatable bonds is 5. The number of carboxylic acids is 1. The summed E-state index contributed by atoms with van der Waals surface area (Å²) in [5, 5.41) is 11.3. The fraction of sp³-hybridized carbons (Fsp3) is 0.333. The Morgan fingerprint density at radius 1 is 1.56 bits per heavy atom. The van der Waals surface area contributed by atoms with Gasteiger partial charge in [-0.15, -0.1) is 13.2 Å². The molecule has 0 aliphatic heterocycles. The first-order valence-electron chi connectivity index (χ1n) is 4.73. The Kier molecular flexibility index (Phi) is 4.32. The molecule has 18 heavy (non-hydrogen) atoms. The van der Waals surface area contributed by atoms with Crippen molar-refractivity contribution in [3.05, 3.63) is 17.8 Å². The largest absolute Gasteiger partial charge is 0.522 e. The quantitative estimate of drug-likeness (QED) is 0.694. The topological polar surface area (TPSA) is 97.5 Å². The van der Waals surface area contributed by atoms with Crippen LogP contribution in [0.4, 0.5) is 24.7 Å². The maximum Gasteiger partial charge on any atom is 0.522 e. The first-order valence-corrected chi connectivity index (χ1v) is 4.73. The molecule has 100 valence electrons. The van der Waals surface area contributed by atoms with Gasteiger partial charge in [-0.3, -0.25) is 4.74 Å². The molecule has 0 bridgehead atoms. The lowest BCUT2D eigenvalue weighted by molar-refractivity contribution is -0.322. The number of carbonyl (C=O) groups is 1. The van der Waals surface area contributed by atoms with E-state index >= 15 is 0 Å². The standard InChI is InChI=1S/C9H10F3N3O3/c10-9(11,12)18-2-1-14-6-3-7(13)15-4-5(6)8(16)17/h3-4H,1-2H2,(H,16,17)(H3,13,14,15). The maximum absolute atomic E-state index is 11.7. The number of anilines is 2. The molecular weight excluding hydrogens is 255 g/mol. The average Bonchev–Trinajstić information content (AvgIpc) is 2.22. The van der Waals surface area contributed by atoms with E-state index in [9.17, 15) is 18.0 Å². The first-order chi connectivity index (χ1) is 8.29. The van der Waals surface area contributed by atoms with Crippen LogP contribution in [0.3, 0.4) is 0 Å². The van der Waals surface area contributed by atoms with Gasteiger partial charge in [0.1, 0.15) is 11.4 Å². The van der Waals surface area contributed by atoms with E-state index in [0.717, 1.165) is 6.20 Å². The minimum absolute atomic E-state index is 0.0549. The predicted molar refractivity (Wildman–Crippen MR) is 56.1 cm³/mol. The van der Waals surface area contributed by atoms with Gasteiger partial charge in [0.25, 0.3) is 0 Å². The molecule has 0 unspecified atom stereocenters. The summed E-state index contributed by atoms with van der Waals surface area (Å²) >= 11 is 0. The van der Waals surface area contributed by atoms with E-state index in [4.69, 9.17) is 10.8 Å². The molecule has 6 nitrogen and oxygen atoms in total. The van der Waals surface area contributed by atoms with Crippen LogP contribution in [0.2, 0.25) is 0 Å². The number of carboxylic acid groups (broad SMARTS) is 1. The van der Waals surface area contributed by atoms with E-state index in [2.05, 4.69) is 15.0 Å². The number of alkyl halides is 3. The second-order valence-corrected chi connectivity index (χ2v) is 3.18. The second kappa shape index (κ2) is 5.54. The normalized spacial score (nSPS) is 11.3. The summed E-state index contributed by atoms with van der Waals surface area (Å²) in [6.45, 7) is -0.867. The van der Waals surface area contributed by atoms with Crippen LogP contribution in [-0.4, -0.2) is 35.6 Å². The molecule has 0 spiro atoms.